The maximum Gasteiger partial charge on any atom is 0.00366 e. The van der Waals surface area contributed by atoms with E-state index in [9.17, 15) is 0 Å². The zero-order valence-electron chi connectivity index (χ0n) is 10.4. The molecule has 0 aromatic heterocycles. The Morgan fingerprint density at radius 3 is 2.36 bits per heavy atom. The Morgan fingerprint density at radius 2 is 1.86 bits per heavy atom. The van der Waals surface area contributed by atoms with Crippen molar-refractivity contribution in [3.8, 4) is 0 Å². The van der Waals surface area contributed by atoms with Gasteiger partial charge in [-0.1, -0.05) is 27.2 Å². The fourth-order valence-corrected chi connectivity index (χ4v) is 1.58. The van der Waals surface area contributed by atoms with E-state index in [4.69, 9.17) is 5.73 Å². The average Bonchev–Trinajstić information content (AvgIpc) is 2.17. The van der Waals surface area contributed by atoms with Crippen LogP contribution in [-0.4, -0.2) is 31.1 Å². The van der Waals surface area contributed by atoms with E-state index in [1.807, 2.05) is 0 Å². The molecule has 0 heterocycles. The molecule has 0 rings (SSSR count). The third kappa shape index (κ3) is 7.34. The normalized spacial score (nSPS) is 15.9. The molecule has 0 radical (unpaired) electrons. The van der Waals surface area contributed by atoms with E-state index in [1.165, 1.54) is 32.4 Å². The second-order valence-corrected chi connectivity index (χ2v) is 4.59. The van der Waals surface area contributed by atoms with Gasteiger partial charge in [-0.3, -0.25) is 0 Å². The lowest BCUT2D eigenvalue weighted by molar-refractivity contribution is 0.274. The van der Waals surface area contributed by atoms with Gasteiger partial charge >= 0.3 is 0 Å². The summed E-state index contributed by atoms with van der Waals surface area (Å²) in [4.78, 5) is 2.43. The maximum absolute atomic E-state index is 5.87. The minimum absolute atomic E-state index is 0.409. The van der Waals surface area contributed by atoms with Gasteiger partial charge < -0.3 is 10.6 Å². The van der Waals surface area contributed by atoms with Gasteiger partial charge in [0.1, 0.15) is 0 Å². The molecular weight excluding hydrogens is 172 g/mol. The fraction of sp³-hybridized carbons (Fsp3) is 1.00. The second kappa shape index (κ2) is 8.25. The molecule has 0 aliphatic heterocycles. The summed E-state index contributed by atoms with van der Waals surface area (Å²) in [6, 6.07) is 0.409. The Hall–Kier alpha value is -0.0800. The summed E-state index contributed by atoms with van der Waals surface area (Å²) in [6.45, 7) is 9.14. The summed E-state index contributed by atoms with van der Waals surface area (Å²) in [7, 11) is 2.21. The van der Waals surface area contributed by atoms with Crippen LogP contribution in [0.1, 0.15) is 46.5 Å². The topological polar surface area (TPSA) is 29.3 Å². The van der Waals surface area contributed by atoms with Gasteiger partial charge in [-0.15, -0.1) is 0 Å². The first-order chi connectivity index (χ1) is 6.60. The van der Waals surface area contributed by atoms with Crippen LogP contribution in [0, 0.1) is 5.92 Å². The van der Waals surface area contributed by atoms with Gasteiger partial charge in [0.05, 0.1) is 0 Å². The van der Waals surface area contributed by atoms with Crippen LogP contribution >= 0.6 is 0 Å². The van der Waals surface area contributed by atoms with Crippen molar-refractivity contribution in [2.24, 2.45) is 11.7 Å². The molecule has 2 heteroatoms. The zero-order valence-corrected chi connectivity index (χ0v) is 10.4. The van der Waals surface area contributed by atoms with Crippen LogP contribution in [0.4, 0.5) is 0 Å². The van der Waals surface area contributed by atoms with Crippen LogP contribution < -0.4 is 5.73 Å². The third-order valence-electron chi connectivity index (χ3n) is 2.96. The van der Waals surface area contributed by atoms with E-state index in [1.54, 1.807) is 0 Å². The fourth-order valence-electron chi connectivity index (χ4n) is 1.58. The largest absolute Gasteiger partial charge is 0.328 e. The Morgan fingerprint density at radius 1 is 1.21 bits per heavy atom. The molecule has 2 N–H and O–H groups in total. The molecule has 2 atom stereocenters. The highest BCUT2D eigenvalue weighted by Gasteiger charge is 2.05. The third-order valence-corrected chi connectivity index (χ3v) is 2.96. The van der Waals surface area contributed by atoms with E-state index in [0.717, 1.165) is 12.3 Å². The van der Waals surface area contributed by atoms with Gasteiger partial charge in [0.2, 0.25) is 0 Å². The predicted molar refractivity (Wildman–Crippen MR) is 64.5 cm³/mol. The van der Waals surface area contributed by atoms with Crippen molar-refractivity contribution in [2.45, 2.75) is 52.5 Å². The van der Waals surface area contributed by atoms with Gasteiger partial charge in [0, 0.05) is 12.6 Å². The van der Waals surface area contributed by atoms with Crippen molar-refractivity contribution in [3.63, 3.8) is 0 Å². The van der Waals surface area contributed by atoms with Crippen molar-refractivity contribution in [2.75, 3.05) is 20.1 Å². The van der Waals surface area contributed by atoms with Crippen molar-refractivity contribution in [1.29, 1.82) is 0 Å². The van der Waals surface area contributed by atoms with Crippen molar-refractivity contribution >= 4 is 0 Å². The van der Waals surface area contributed by atoms with E-state index in [0.29, 0.717) is 6.04 Å². The second-order valence-electron chi connectivity index (χ2n) is 4.59. The summed E-state index contributed by atoms with van der Waals surface area (Å²) < 4.78 is 0. The Labute approximate surface area is 89.9 Å². The summed E-state index contributed by atoms with van der Waals surface area (Å²) in [5, 5.41) is 0. The smallest absolute Gasteiger partial charge is 0.00366 e. The van der Waals surface area contributed by atoms with Gasteiger partial charge in [-0.05, 0) is 38.8 Å². The van der Waals surface area contributed by atoms with Crippen LogP contribution in [0.25, 0.3) is 0 Å². The first kappa shape index (κ1) is 13.9. The minimum atomic E-state index is 0.409. The zero-order chi connectivity index (χ0) is 11.0. The number of rotatable bonds is 8. The van der Waals surface area contributed by atoms with E-state index >= 15 is 0 Å². The summed E-state index contributed by atoms with van der Waals surface area (Å²) in [6.07, 6.45) is 4.79. The molecule has 0 aliphatic rings. The van der Waals surface area contributed by atoms with Crippen LogP contribution in [-0.2, 0) is 0 Å². The molecule has 2 unspecified atom stereocenters. The van der Waals surface area contributed by atoms with Gasteiger partial charge in [-0.25, -0.2) is 0 Å². The SMILES string of the molecule is CCC(C)CN(C)CCCC(N)CC. The summed E-state index contributed by atoms with van der Waals surface area (Å²) >= 11 is 0. The Kier molecular flexibility index (Phi) is 8.20. The van der Waals surface area contributed by atoms with E-state index in [-0.39, 0.29) is 0 Å². The lowest BCUT2D eigenvalue weighted by atomic mass is 10.1. The number of nitrogens with two attached hydrogens (primary N) is 1. The number of nitrogens with zero attached hydrogens (tertiary/aromatic N) is 1. The quantitative estimate of drug-likeness (QED) is 0.652. The predicted octanol–water partition coefficient (Wildman–Crippen LogP) is 2.48. The molecule has 0 saturated heterocycles. The minimum Gasteiger partial charge on any atom is -0.328 e. The molecule has 2 nitrogen and oxygen atoms in total. The molecule has 0 aliphatic carbocycles. The molecule has 0 saturated carbocycles. The Bertz CT molecular complexity index is 125. The van der Waals surface area contributed by atoms with Crippen LogP contribution in [0.15, 0.2) is 0 Å². The number of hydrogen-bond donors (Lipinski definition) is 1. The molecule has 0 bridgehead atoms. The molecule has 0 amide bonds. The molecule has 0 aromatic carbocycles. The lowest BCUT2D eigenvalue weighted by Crippen LogP contribution is -2.27. The lowest BCUT2D eigenvalue weighted by Gasteiger charge is -2.20. The number of hydrogen-bond acceptors (Lipinski definition) is 2. The average molecular weight is 200 g/mol. The standard InChI is InChI=1S/C12H28N2/c1-5-11(3)10-14(4)9-7-8-12(13)6-2/h11-12H,5-10,13H2,1-4H3. The van der Waals surface area contributed by atoms with E-state index in [2.05, 4.69) is 32.7 Å². The van der Waals surface area contributed by atoms with Crippen molar-refractivity contribution < 1.29 is 0 Å². The van der Waals surface area contributed by atoms with E-state index < -0.39 is 0 Å². The molecule has 0 spiro atoms. The summed E-state index contributed by atoms with van der Waals surface area (Å²) in [5.41, 5.74) is 5.87. The van der Waals surface area contributed by atoms with Gasteiger partial charge in [0.25, 0.3) is 0 Å². The Balaban J connectivity index is 3.39. The highest BCUT2D eigenvalue weighted by atomic mass is 15.1. The van der Waals surface area contributed by atoms with Crippen molar-refractivity contribution in [1.82, 2.24) is 4.90 Å². The molecular formula is C12H28N2. The first-order valence-electron chi connectivity index (χ1n) is 6.04. The highest BCUT2D eigenvalue weighted by molar-refractivity contribution is 4.62. The van der Waals surface area contributed by atoms with Gasteiger partial charge in [-0.2, -0.15) is 0 Å². The highest BCUT2D eigenvalue weighted by Crippen LogP contribution is 2.05. The molecule has 0 aromatic rings. The van der Waals surface area contributed by atoms with Crippen LogP contribution in [0.3, 0.4) is 0 Å². The first-order valence-corrected chi connectivity index (χ1v) is 6.04. The summed E-state index contributed by atoms with van der Waals surface area (Å²) in [5.74, 6) is 0.819. The van der Waals surface area contributed by atoms with Crippen molar-refractivity contribution in [3.05, 3.63) is 0 Å². The van der Waals surface area contributed by atoms with Crippen LogP contribution in [0.5, 0.6) is 0 Å². The monoisotopic (exact) mass is 200 g/mol. The van der Waals surface area contributed by atoms with Gasteiger partial charge in [0.15, 0.2) is 0 Å². The van der Waals surface area contributed by atoms with Crippen LogP contribution in [0.2, 0.25) is 0 Å². The molecule has 86 valence electrons. The maximum atomic E-state index is 5.87. The molecule has 14 heavy (non-hydrogen) atoms. The molecule has 0 fully saturated rings.